The van der Waals surface area contributed by atoms with E-state index in [4.69, 9.17) is 32.7 Å². The van der Waals surface area contributed by atoms with Crippen molar-refractivity contribution in [3.63, 3.8) is 0 Å². The number of hydrogen-bond donors (Lipinski definition) is 0. The molecule has 2 amide bonds. The van der Waals surface area contributed by atoms with Crippen molar-refractivity contribution in [3.05, 3.63) is 91.0 Å². The summed E-state index contributed by atoms with van der Waals surface area (Å²) in [5, 5.41) is 0.416. The Hall–Kier alpha value is -2.52. The number of nitrogens with zero attached hydrogens (tertiary/aromatic N) is 2. The van der Waals surface area contributed by atoms with Gasteiger partial charge >= 0.3 is 0 Å². The molecule has 1 fully saturated rings. The van der Waals surface area contributed by atoms with Crippen LogP contribution in [-0.2, 0) is 17.9 Å². The Bertz CT molecular complexity index is 1290. The molecule has 1 aromatic heterocycles. The summed E-state index contributed by atoms with van der Waals surface area (Å²) in [7, 11) is 1.53. The van der Waals surface area contributed by atoms with Crippen LogP contribution in [0.5, 0.6) is 11.5 Å². The van der Waals surface area contributed by atoms with E-state index in [1.807, 2.05) is 18.2 Å². The molecule has 10 heteroatoms. The second-order valence-electron chi connectivity index (χ2n) is 7.16. The number of hydrogen-bond acceptors (Lipinski definition) is 6. The number of carbonyl (C=O) groups is 2. The highest BCUT2D eigenvalue weighted by Crippen LogP contribution is 2.39. The van der Waals surface area contributed by atoms with Crippen LogP contribution < -0.4 is 9.47 Å². The van der Waals surface area contributed by atoms with Crippen molar-refractivity contribution < 1.29 is 19.1 Å². The quantitative estimate of drug-likeness (QED) is 0.281. The number of pyridine rings is 1. The smallest absolute Gasteiger partial charge is 0.293 e. The van der Waals surface area contributed by atoms with Crippen LogP contribution in [0.1, 0.15) is 16.8 Å². The van der Waals surface area contributed by atoms with Crippen LogP contribution in [0, 0.1) is 0 Å². The molecule has 0 unspecified atom stereocenters. The maximum Gasteiger partial charge on any atom is 0.293 e. The van der Waals surface area contributed by atoms with E-state index >= 15 is 0 Å². The Labute approximate surface area is 219 Å². The fraction of sp³-hybridized carbons (Fsp3) is 0.125. The van der Waals surface area contributed by atoms with Crippen molar-refractivity contribution >= 4 is 68.1 Å². The molecule has 0 aliphatic carbocycles. The summed E-state index contributed by atoms with van der Waals surface area (Å²) in [5.74, 6) is 0.608. The van der Waals surface area contributed by atoms with Gasteiger partial charge in [-0.3, -0.25) is 19.5 Å². The Kier molecular flexibility index (Phi) is 7.83. The first-order valence-electron chi connectivity index (χ1n) is 9.95. The number of rotatable bonds is 7. The fourth-order valence-corrected chi connectivity index (χ4v) is 4.93. The average molecular weight is 580 g/mol. The van der Waals surface area contributed by atoms with Gasteiger partial charge < -0.3 is 9.47 Å². The largest absolute Gasteiger partial charge is 0.493 e. The van der Waals surface area contributed by atoms with E-state index in [9.17, 15) is 9.59 Å². The number of halogens is 3. The lowest BCUT2D eigenvalue weighted by molar-refractivity contribution is -0.123. The third kappa shape index (κ3) is 5.58. The van der Waals surface area contributed by atoms with E-state index in [1.165, 1.54) is 12.0 Å². The molecule has 0 atom stereocenters. The molecule has 4 rings (SSSR count). The molecule has 0 saturated carbocycles. The molecule has 0 bridgehead atoms. The van der Waals surface area contributed by atoms with Crippen molar-refractivity contribution in [1.29, 1.82) is 0 Å². The molecule has 1 saturated heterocycles. The predicted octanol–water partition coefficient (Wildman–Crippen LogP) is 6.98. The minimum absolute atomic E-state index is 0.103. The lowest BCUT2D eigenvalue weighted by Gasteiger charge is -2.14. The van der Waals surface area contributed by atoms with E-state index in [0.717, 1.165) is 17.5 Å². The SMILES string of the molecule is COc1cc(/C=C2/SC(=O)N(Cc3ccc(Cl)c(Cl)c3)C2=O)cc(Br)c1OCc1ccccn1. The fourth-order valence-electron chi connectivity index (χ4n) is 3.20. The van der Waals surface area contributed by atoms with Crippen LogP contribution in [0.15, 0.2) is 64.1 Å². The average Bonchev–Trinajstić information content (AvgIpc) is 3.08. The molecule has 34 heavy (non-hydrogen) atoms. The van der Waals surface area contributed by atoms with Gasteiger partial charge in [0.15, 0.2) is 11.5 Å². The Morgan fingerprint density at radius 3 is 2.65 bits per heavy atom. The van der Waals surface area contributed by atoms with Gasteiger partial charge in [0.2, 0.25) is 0 Å². The standard InChI is InChI=1S/C24H17BrCl2N2O4S/c1-32-20-10-15(8-17(25)22(20)33-13-16-4-2-3-7-28-16)11-21-23(30)29(24(31)34-21)12-14-5-6-18(26)19(27)9-14/h2-11H,12-13H2,1H3/b21-11+. The van der Waals surface area contributed by atoms with Crippen LogP contribution >= 0.6 is 50.9 Å². The summed E-state index contributed by atoms with van der Waals surface area (Å²) in [6.45, 7) is 0.370. The first-order valence-corrected chi connectivity index (χ1v) is 12.3. The summed E-state index contributed by atoms with van der Waals surface area (Å²) < 4.78 is 12.0. The van der Waals surface area contributed by atoms with Gasteiger partial charge in [-0.1, -0.05) is 35.3 Å². The number of amides is 2. The summed E-state index contributed by atoms with van der Waals surface area (Å²) in [6, 6.07) is 14.1. The second kappa shape index (κ2) is 10.8. The van der Waals surface area contributed by atoms with Gasteiger partial charge in [-0.15, -0.1) is 0 Å². The van der Waals surface area contributed by atoms with Crippen LogP contribution in [0.3, 0.4) is 0 Å². The summed E-state index contributed by atoms with van der Waals surface area (Å²) in [6.07, 6.45) is 3.35. The maximum absolute atomic E-state index is 12.9. The molecule has 3 aromatic rings. The van der Waals surface area contributed by atoms with Gasteiger partial charge in [-0.2, -0.15) is 0 Å². The maximum atomic E-state index is 12.9. The summed E-state index contributed by atoms with van der Waals surface area (Å²) in [4.78, 5) is 31.2. The third-order valence-corrected chi connectivity index (χ3v) is 7.07. The molecule has 2 aromatic carbocycles. The monoisotopic (exact) mass is 578 g/mol. The van der Waals surface area contributed by atoms with Crippen molar-refractivity contribution in [3.8, 4) is 11.5 Å². The molecule has 1 aliphatic heterocycles. The number of benzene rings is 2. The number of ether oxygens (including phenoxy) is 2. The van der Waals surface area contributed by atoms with Crippen molar-refractivity contribution in [2.24, 2.45) is 0 Å². The molecular weight excluding hydrogens is 563 g/mol. The van der Waals surface area contributed by atoms with Crippen LogP contribution in [-0.4, -0.2) is 28.1 Å². The first kappa shape index (κ1) is 24.6. The molecule has 0 N–H and O–H groups in total. The lowest BCUT2D eigenvalue weighted by Crippen LogP contribution is -2.27. The van der Waals surface area contributed by atoms with E-state index in [1.54, 1.807) is 42.6 Å². The Morgan fingerprint density at radius 2 is 1.94 bits per heavy atom. The van der Waals surface area contributed by atoms with Crippen molar-refractivity contribution in [2.45, 2.75) is 13.2 Å². The minimum Gasteiger partial charge on any atom is -0.493 e. The first-order chi connectivity index (χ1) is 16.4. The molecule has 0 spiro atoms. The van der Waals surface area contributed by atoms with E-state index in [0.29, 0.717) is 42.0 Å². The molecule has 174 valence electrons. The van der Waals surface area contributed by atoms with Crippen LogP contribution in [0.25, 0.3) is 6.08 Å². The van der Waals surface area contributed by atoms with E-state index in [-0.39, 0.29) is 24.3 Å². The van der Waals surface area contributed by atoms with Gasteiger partial charge in [0, 0.05) is 6.20 Å². The van der Waals surface area contributed by atoms with Crippen LogP contribution in [0.2, 0.25) is 10.0 Å². The predicted molar refractivity (Wildman–Crippen MR) is 137 cm³/mol. The van der Waals surface area contributed by atoms with Crippen LogP contribution in [0.4, 0.5) is 4.79 Å². The topological polar surface area (TPSA) is 68.7 Å². The van der Waals surface area contributed by atoms with Gasteiger partial charge in [0.05, 0.1) is 38.8 Å². The highest BCUT2D eigenvalue weighted by Gasteiger charge is 2.35. The second-order valence-corrected chi connectivity index (χ2v) is 9.82. The Morgan fingerprint density at radius 1 is 1.12 bits per heavy atom. The zero-order valence-corrected chi connectivity index (χ0v) is 21.7. The van der Waals surface area contributed by atoms with Crippen molar-refractivity contribution in [2.75, 3.05) is 7.11 Å². The minimum atomic E-state index is -0.383. The van der Waals surface area contributed by atoms with Gasteiger partial charge in [0.1, 0.15) is 6.61 Å². The van der Waals surface area contributed by atoms with Gasteiger partial charge in [0.25, 0.3) is 11.1 Å². The third-order valence-electron chi connectivity index (χ3n) is 4.84. The lowest BCUT2D eigenvalue weighted by atomic mass is 10.1. The van der Waals surface area contributed by atoms with Gasteiger partial charge in [-0.05, 0) is 81.3 Å². The highest BCUT2D eigenvalue weighted by molar-refractivity contribution is 9.10. The Balaban J connectivity index is 1.53. The number of aromatic nitrogens is 1. The molecule has 6 nitrogen and oxygen atoms in total. The summed E-state index contributed by atoms with van der Waals surface area (Å²) >= 11 is 16.4. The molecular formula is C24H17BrCl2N2O4S. The summed E-state index contributed by atoms with van der Waals surface area (Å²) in [5.41, 5.74) is 2.15. The number of methoxy groups -OCH3 is 1. The number of carbonyl (C=O) groups excluding carboxylic acids is 2. The number of imide groups is 1. The normalized spacial score (nSPS) is 14.7. The number of thioether (sulfide) groups is 1. The van der Waals surface area contributed by atoms with E-state index in [2.05, 4.69) is 20.9 Å². The highest BCUT2D eigenvalue weighted by atomic mass is 79.9. The van der Waals surface area contributed by atoms with Gasteiger partial charge in [-0.25, -0.2) is 0 Å². The zero-order valence-electron chi connectivity index (χ0n) is 17.8. The molecule has 0 radical (unpaired) electrons. The zero-order chi connectivity index (χ0) is 24.2. The van der Waals surface area contributed by atoms with Crippen molar-refractivity contribution in [1.82, 2.24) is 9.88 Å². The van der Waals surface area contributed by atoms with E-state index < -0.39 is 0 Å². The molecule has 1 aliphatic rings. The molecule has 2 heterocycles.